The number of benzene rings is 1. The summed E-state index contributed by atoms with van der Waals surface area (Å²) in [5, 5.41) is 5.88. The molecule has 0 amide bonds. The van der Waals surface area contributed by atoms with Crippen LogP contribution in [0.15, 0.2) is 40.7 Å². The van der Waals surface area contributed by atoms with Crippen molar-refractivity contribution >= 4 is 21.4 Å². The molecule has 0 saturated carbocycles. The number of thiazole rings is 1. The molecular weight excluding hydrogens is 306 g/mol. The lowest BCUT2D eigenvalue weighted by atomic mass is 10.1. The van der Waals surface area contributed by atoms with Crippen molar-refractivity contribution in [2.24, 2.45) is 0 Å². The SMILES string of the molecule is CNCCc1ccc(S(=O)(=O)NCCc2nccs2)cc1. The van der Waals surface area contributed by atoms with Gasteiger partial charge in [0.15, 0.2) is 0 Å². The van der Waals surface area contributed by atoms with E-state index in [-0.39, 0.29) is 0 Å². The average molecular weight is 325 g/mol. The minimum atomic E-state index is -3.44. The van der Waals surface area contributed by atoms with E-state index >= 15 is 0 Å². The number of nitrogens with zero attached hydrogens (tertiary/aromatic N) is 1. The van der Waals surface area contributed by atoms with Crippen molar-refractivity contribution in [3.63, 3.8) is 0 Å². The number of nitrogens with one attached hydrogen (secondary N) is 2. The molecule has 5 nitrogen and oxygen atoms in total. The van der Waals surface area contributed by atoms with Crippen molar-refractivity contribution in [2.75, 3.05) is 20.1 Å². The van der Waals surface area contributed by atoms with E-state index in [4.69, 9.17) is 0 Å². The number of aromatic nitrogens is 1. The summed E-state index contributed by atoms with van der Waals surface area (Å²) >= 11 is 1.53. The Morgan fingerprint density at radius 2 is 1.90 bits per heavy atom. The molecule has 0 unspecified atom stereocenters. The monoisotopic (exact) mass is 325 g/mol. The van der Waals surface area contributed by atoms with Crippen molar-refractivity contribution in [1.29, 1.82) is 0 Å². The summed E-state index contributed by atoms with van der Waals surface area (Å²) in [6.45, 7) is 1.23. The van der Waals surface area contributed by atoms with Gasteiger partial charge in [-0.2, -0.15) is 0 Å². The molecule has 0 aliphatic rings. The number of sulfonamides is 1. The molecule has 0 spiro atoms. The fourth-order valence-electron chi connectivity index (χ4n) is 1.86. The van der Waals surface area contributed by atoms with Crippen LogP contribution in [0, 0.1) is 0 Å². The van der Waals surface area contributed by atoms with E-state index in [1.54, 1.807) is 18.3 Å². The van der Waals surface area contributed by atoms with Crippen molar-refractivity contribution in [1.82, 2.24) is 15.0 Å². The first kappa shape index (κ1) is 16.1. The maximum atomic E-state index is 12.1. The van der Waals surface area contributed by atoms with Gasteiger partial charge in [0, 0.05) is 24.5 Å². The summed E-state index contributed by atoms with van der Waals surface area (Å²) in [7, 11) is -1.55. The van der Waals surface area contributed by atoms with Crippen molar-refractivity contribution in [3.05, 3.63) is 46.4 Å². The number of rotatable bonds is 8. The van der Waals surface area contributed by atoms with Gasteiger partial charge in [0.2, 0.25) is 10.0 Å². The zero-order chi connectivity index (χ0) is 15.1. The molecule has 0 fully saturated rings. The van der Waals surface area contributed by atoms with E-state index in [2.05, 4.69) is 15.0 Å². The van der Waals surface area contributed by atoms with E-state index in [9.17, 15) is 8.42 Å². The van der Waals surface area contributed by atoms with Crippen LogP contribution in [0.2, 0.25) is 0 Å². The molecular formula is C14H19N3O2S2. The predicted molar refractivity (Wildman–Crippen MR) is 85.1 cm³/mol. The van der Waals surface area contributed by atoms with Gasteiger partial charge in [0.05, 0.1) is 9.90 Å². The highest BCUT2D eigenvalue weighted by molar-refractivity contribution is 7.89. The standard InChI is InChI=1S/C14H19N3O2S2/c1-15-8-6-12-2-4-13(5-3-12)21(18,19)17-9-7-14-16-10-11-20-14/h2-5,10-11,15,17H,6-9H2,1H3. The molecule has 0 saturated heterocycles. The summed E-state index contributed by atoms with van der Waals surface area (Å²) in [5.41, 5.74) is 1.12. The summed E-state index contributed by atoms with van der Waals surface area (Å²) < 4.78 is 26.9. The van der Waals surface area contributed by atoms with Crippen LogP contribution in [-0.2, 0) is 22.9 Å². The van der Waals surface area contributed by atoms with Crippen LogP contribution in [0.3, 0.4) is 0 Å². The van der Waals surface area contributed by atoms with Gasteiger partial charge in [-0.25, -0.2) is 18.1 Å². The maximum absolute atomic E-state index is 12.1. The Bertz CT molecular complexity index is 637. The molecule has 1 aromatic carbocycles. The largest absolute Gasteiger partial charge is 0.319 e. The predicted octanol–water partition coefficient (Wildman–Crippen LogP) is 1.43. The van der Waals surface area contributed by atoms with Gasteiger partial charge in [-0.1, -0.05) is 12.1 Å². The molecule has 7 heteroatoms. The molecule has 21 heavy (non-hydrogen) atoms. The van der Waals surface area contributed by atoms with Crippen molar-refractivity contribution in [3.8, 4) is 0 Å². The second kappa shape index (κ2) is 7.65. The maximum Gasteiger partial charge on any atom is 0.240 e. The second-order valence-electron chi connectivity index (χ2n) is 4.57. The first-order valence-corrected chi connectivity index (χ1v) is 9.09. The Morgan fingerprint density at radius 3 is 2.52 bits per heavy atom. The molecule has 1 heterocycles. The van der Waals surface area contributed by atoms with Gasteiger partial charge in [-0.15, -0.1) is 11.3 Å². The summed E-state index contributed by atoms with van der Waals surface area (Å²) in [4.78, 5) is 4.43. The first-order chi connectivity index (χ1) is 10.1. The molecule has 1 aromatic heterocycles. The third kappa shape index (κ3) is 4.89. The van der Waals surface area contributed by atoms with Crippen LogP contribution >= 0.6 is 11.3 Å². The minimum Gasteiger partial charge on any atom is -0.319 e. The lowest BCUT2D eigenvalue weighted by Crippen LogP contribution is -2.26. The van der Waals surface area contributed by atoms with Crippen molar-refractivity contribution in [2.45, 2.75) is 17.7 Å². The Balaban J connectivity index is 1.92. The topological polar surface area (TPSA) is 71.1 Å². The Hall–Kier alpha value is -1.28. The van der Waals surface area contributed by atoms with E-state index in [0.717, 1.165) is 23.5 Å². The summed E-state index contributed by atoms with van der Waals surface area (Å²) in [6, 6.07) is 7.01. The van der Waals surface area contributed by atoms with E-state index in [1.165, 1.54) is 11.3 Å². The molecule has 2 N–H and O–H groups in total. The highest BCUT2D eigenvalue weighted by Gasteiger charge is 2.13. The van der Waals surface area contributed by atoms with Gasteiger partial charge < -0.3 is 5.32 Å². The molecule has 2 aromatic rings. The zero-order valence-electron chi connectivity index (χ0n) is 11.9. The normalized spacial score (nSPS) is 11.7. The Labute approximate surface area is 129 Å². The quantitative estimate of drug-likeness (QED) is 0.770. The summed E-state index contributed by atoms with van der Waals surface area (Å²) in [5.74, 6) is 0. The van der Waals surface area contributed by atoms with Crippen molar-refractivity contribution < 1.29 is 8.42 Å². The van der Waals surface area contributed by atoms with Gasteiger partial charge >= 0.3 is 0 Å². The minimum absolute atomic E-state index is 0.301. The fourth-order valence-corrected chi connectivity index (χ4v) is 3.51. The third-order valence-electron chi connectivity index (χ3n) is 3.01. The van der Waals surface area contributed by atoms with E-state index in [1.807, 2.05) is 24.6 Å². The van der Waals surface area contributed by atoms with Crippen LogP contribution in [-0.4, -0.2) is 33.5 Å². The number of likely N-dealkylation sites (N-methyl/N-ethyl adjacent to an activating group) is 1. The van der Waals surface area contributed by atoms with Gasteiger partial charge in [-0.05, 0) is 37.7 Å². The smallest absolute Gasteiger partial charge is 0.240 e. The molecule has 0 radical (unpaired) electrons. The van der Waals surface area contributed by atoms with Gasteiger partial charge in [-0.3, -0.25) is 0 Å². The summed E-state index contributed by atoms with van der Waals surface area (Å²) in [6.07, 6.45) is 3.21. The lowest BCUT2D eigenvalue weighted by molar-refractivity contribution is 0.581. The van der Waals surface area contributed by atoms with Crippen LogP contribution in [0.25, 0.3) is 0 Å². The average Bonchev–Trinajstić information content (AvgIpc) is 2.98. The van der Waals surface area contributed by atoms with Crippen LogP contribution in [0.1, 0.15) is 10.6 Å². The second-order valence-corrected chi connectivity index (χ2v) is 7.32. The van der Waals surface area contributed by atoms with Gasteiger partial charge in [0.1, 0.15) is 0 Å². The highest BCUT2D eigenvalue weighted by Crippen LogP contribution is 2.11. The fraction of sp³-hybridized carbons (Fsp3) is 0.357. The molecule has 0 aliphatic heterocycles. The van der Waals surface area contributed by atoms with E-state index < -0.39 is 10.0 Å². The van der Waals surface area contributed by atoms with Crippen LogP contribution < -0.4 is 10.0 Å². The molecule has 0 atom stereocenters. The number of hydrogen-bond acceptors (Lipinski definition) is 5. The van der Waals surface area contributed by atoms with Gasteiger partial charge in [0.25, 0.3) is 0 Å². The third-order valence-corrected chi connectivity index (χ3v) is 5.33. The molecule has 0 aliphatic carbocycles. The Morgan fingerprint density at radius 1 is 1.14 bits per heavy atom. The van der Waals surface area contributed by atoms with E-state index in [0.29, 0.717) is 17.9 Å². The van der Waals surface area contributed by atoms with Crippen LogP contribution in [0.4, 0.5) is 0 Å². The lowest BCUT2D eigenvalue weighted by Gasteiger charge is -2.07. The molecule has 114 valence electrons. The molecule has 2 rings (SSSR count). The zero-order valence-corrected chi connectivity index (χ0v) is 13.5. The molecule has 0 bridgehead atoms. The number of hydrogen-bond donors (Lipinski definition) is 2. The first-order valence-electron chi connectivity index (χ1n) is 6.73. The van der Waals surface area contributed by atoms with Crippen LogP contribution in [0.5, 0.6) is 0 Å². The Kier molecular flexibility index (Phi) is 5.86. The highest BCUT2D eigenvalue weighted by atomic mass is 32.2.